The predicted octanol–water partition coefficient (Wildman–Crippen LogP) is 2.40. The lowest BCUT2D eigenvalue weighted by Crippen LogP contribution is -2.33. The van der Waals surface area contributed by atoms with E-state index in [1.807, 2.05) is 12.1 Å². The van der Waals surface area contributed by atoms with E-state index in [-0.39, 0.29) is 16.5 Å². The monoisotopic (exact) mass is 251 g/mol. The van der Waals surface area contributed by atoms with Gasteiger partial charge in [-0.2, -0.15) is 0 Å². The highest BCUT2D eigenvalue weighted by molar-refractivity contribution is 7.86. The van der Waals surface area contributed by atoms with Gasteiger partial charge in [0.2, 0.25) is 0 Å². The Morgan fingerprint density at radius 1 is 1.29 bits per heavy atom. The summed E-state index contributed by atoms with van der Waals surface area (Å²) in [7, 11) is -0.852. The fourth-order valence-electron chi connectivity index (χ4n) is 2.36. The van der Waals surface area contributed by atoms with Gasteiger partial charge < -0.3 is 5.73 Å². The molecule has 4 unspecified atom stereocenters. The topological polar surface area (TPSA) is 43.1 Å². The third kappa shape index (κ3) is 2.31. The molecule has 1 aliphatic rings. The molecule has 94 valence electrons. The van der Waals surface area contributed by atoms with Crippen molar-refractivity contribution in [2.45, 2.75) is 43.7 Å². The van der Waals surface area contributed by atoms with Gasteiger partial charge in [-0.1, -0.05) is 45.0 Å². The lowest BCUT2D eigenvalue weighted by Gasteiger charge is -2.22. The highest BCUT2D eigenvalue weighted by Crippen LogP contribution is 2.34. The van der Waals surface area contributed by atoms with Crippen LogP contribution in [-0.2, 0) is 17.2 Å². The third-order valence-corrected chi connectivity index (χ3v) is 6.17. The van der Waals surface area contributed by atoms with E-state index in [0.29, 0.717) is 5.92 Å². The molecular formula is C14H21NOS. The summed E-state index contributed by atoms with van der Waals surface area (Å²) in [6.07, 6.45) is 0.862. The highest BCUT2D eigenvalue weighted by Gasteiger charge is 2.36. The normalized spacial score (nSPS) is 26.9. The van der Waals surface area contributed by atoms with Gasteiger partial charge in [0.25, 0.3) is 0 Å². The average Bonchev–Trinajstić information content (AvgIpc) is 2.65. The average molecular weight is 251 g/mol. The Balaban J connectivity index is 2.20. The zero-order valence-corrected chi connectivity index (χ0v) is 11.5. The van der Waals surface area contributed by atoms with Gasteiger partial charge >= 0.3 is 0 Å². The van der Waals surface area contributed by atoms with Crippen LogP contribution in [0.4, 0.5) is 0 Å². The second-order valence-corrected chi connectivity index (χ2v) is 7.25. The van der Waals surface area contributed by atoms with Crippen molar-refractivity contribution in [3.8, 4) is 0 Å². The molecule has 3 heteroatoms. The maximum absolute atomic E-state index is 12.5. The van der Waals surface area contributed by atoms with E-state index >= 15 is 0 Å². The maximum atomic E-state index is 12.5. The molecule has 17 heavy (non-hydrogen) atoms. The van der Waals surface area contributed by atoms with Crippen molar-refractivity contribution >= 4 is 10.8 Å². The van der Waals surface area contributed by atoms with Crippen LogP contribution >= 0.6 is 0 Å². The fourth-order valence-corrected chi connectivity index (χ4v) is 4.23. The van der Waals surface area contributed by atoms with E-state index in [2.05, 4.69) is 32.9 Å². The van der Waals surface area contributed by atoms with Gasteiger partial charge in [-0.05, 0) is 23.5 Å². The minimum Gasteiger partial charge on any atom is -0.323 e. The summed E-state index contributed by atoms with van der Waals surface area (Å²) in [5, 5.41) is 0.296. The molecular weight excluding hydrogens is 230 g/mol. The Morgan fingerprint density at radius 3 is 2.53 bits per heavy atom. The summed E-state index contributed by atoms with van der Waals surface area (Å²) >= 11 is 0. The summed E-state index contributed by atoms with van der Waals surface area (Å²) in [5.41, 5.74) is 8.69. The molecule has 4 atom stereocenters. The number of nitrogens with two attached hydrogens (primary N) is 1. The summed E-state index contributed by atoms with van der Waals surface area (Å²) in [6, 6.07) is 8.15. The molecule has 0 saturated heterocycles. The summed E-state index contributed by atoms with van der Waals surface area (Å²) in [4.78, 5) is 0. The zero-order chi connectivity index (χ0) is 12.6. The van der Waals surface area contributed by atoms with Crippen molar-refractivity contribution in [2.24, 2.45) is 11.7 Å². The van der Waals surface area contributed by atoms with E-state index in [0.717, 1.165) is 6.42 Å². The van der Waals surface area contributed by atoms with Crippen LogP contribution in [-0.4, -0.2) is 14.7 Å². The van der Waals surface area contributed by atoms with Crippen molar-refractivity contribution < 1.29 is 4.21 Å². The van der Waals surface area contributed by atoms with Gasteiger partial charge in [0.15, 0.2) is 0 Å². The standard InChI is InChI=1S/C14H21NOS/c1-9(2)10(3)17(16)13-8-11-6-4-5-7-12(11)14(13)15/h4-7,9-10,13-14H,8,15H2,1-3H3. The molecule has 0 saturated carbocycles. The predicted molar refractivity (Wildman–Crippen MR) is 73.3 cm³/mol. The molecule has 2 N–H and O–H groups in total. The molecule has 0 aliphatic heterocycles. The van der Waals surface area contributed by atoms with Gasteiger partial charge in [-0.3, -0.25) is 4.21 Å². The first kappa shape index (κ1) is 12.8. The van der Waals surface area contributed by atoms with Crippen molar-refractivity contribution in [3.63, 3.8) is 0 Å². The first-order valence-corrected chi connectivity index (χ1v) is 7.52. The van der Waals surface area contributed by atoms with Crippen LogP contribution in [0.1, 0.15) is 37.9 Å². The molecule has 2 rings (SSSR count). The van der Waals surface area contributed by atoms with Crippen molar-refractivity contribution in [3.05, 3.63) is 35.4 Å². The zero-order valence-electron chi connectivity index (χ0n) is 10.7. The Kier molecular flexibility index (Phi) is 3.69. The van der Waals surface area contributed by atoms with E-state index in [9.17, 15) is 4.21 Å². The maximum Gasteiger partial charge on any atom is 0.0584 e. The lowest BCUT2D eigenvalue weighted by atomic mass is 10.1. The van der Waals surface area contributed by atoms with Gasteiger partial charge in [-0.15, -0.1) is 0 Å². The third-order valence-electron chi connectivity index (χ3n) is 3.84. The van der Waals surface area contributed by atoms with Crippen LogP contribution in [0.3, 0.4) is 0 Å². The number of benzene rings is 1. The molecule has 0 bridgehead atoms. The quantitative estimate of drug-likeness (QED) is 0.896. The van der Waals surface area contributed by atoms with Crippen molar-refractivity contribution in [1.82, 2.24) is 0 Å². The minimum absolute atomic E-state index is 0.0618. The van der Waals surface area contributed by atoms with Gasteiger partial charge in [0.1, 0.15) is 0 Å². The summed E-state index contributed by atoms with van der Waals surface area (Å²) in [5.74, 6) is 0.437. The number of rotatable bonds is 3. The smallest absolute Gasteiger partial charge is 0.0584 e. The second kappa shape index (κ2) is 4.91. The summed E-state index contributed by atoms with van der Waals surface area (Å²) < 4.78 is 12.5. The van der Waals surface area contributed by atoms with E-state index in [4.69, 9.17) is 5.73 Å². The molecule has 2 nitrogen and oxygen atoms in total. The van der Waals surface area contributed by atoms with Crippen LogP contribution in [0.2, 0.25) is 0 Å². The van der Waals surface area contributed by atoms with E-state index in [1.165, 1.54) is 11.1 Å². The number of fused-ring (bicyclic) bond motifs is 1. The molecule has 0 spiro atoms. The van der Waals surface area contributed by atoms with Crippen LogP contribution < -0.4 is 5.73 Å². The molecule has 1 aromatic rings. The molecule has 0 fully saturated rings. The Labute approximate surface area is 106 Å². The molecule has 0 radical (unpaired) electrons. The van der Waals surface area contributed by atoms with Gasteiger partial charge in [0.05, 0.1) is 5.25 Å². The Hall–Kier alpha value is -0.670. The van der Waals surface area contributed by atoms with Crippen molar-refractivity contribution in [1.29, 1.82) is 0 Å². The largest absolute Gasteiger partial charge is 0.323 e. The van der Waals surface area contributed by atoms with Gasteiger partial charge in [0, 0.05) is 22.1 Å². The second-order valence-electron chi connectivity index (χ2n) is 5.24. The first-order chi connectivity index (χ1) is 8.02. The minimum atomic E-state index is -0.852. The Bertz CT molecular complexity index is 430. The van der Waals surface area contributed by atoms with Gasteiger partial charge in [-0.25, -0.2) is 0 Å². The van der Waals surface area contributed by atoms with Crippen LogP contribution in [0, 0.1) is 5.92 Å². The van der Waals surface area contributed by atoms with Crippen molar-refractivity contribution in [2.75, 3.05) is 0 Å². The molecule has 1 aliphatic carbocycles. The van der Waals surface area contributed by atoms with E-state index < -0.39 is 10.8 Å². The van der Waals surface area contributed by atoms with Crippen LogP contribution in [0.25, 0.3) is 0 Å². The lowest BCUT2D eigenvalue weighted by molar-refractivity contribution is 0.585. The molecule has 0 amide bonds. The first-order valence-electron chi connectivity index (χ1n) is 6.25. The molecule has 0 heterocycles. The fraction of sp³-hybridized carbons (Fsp3) is 0.571. The van der Waals surface area contributed by atoms with Crippen LogP contribution in [0.5, 0.6) is 0 Å². The summed E-state index contributed by atoms with van der Waals surface area (Å²) in [6.45, 7) is 6.31. The number of hydrogen-bond acceptors (Lipinski definition) is 2. The SMILES string of the molecule is CC(C)C(C)S(=O)C1Cc2ccccc2C1N. The highest BCUT2D eigenvalue weighted by atomic mass is 32.2. The van der Waals surface area contributed by atoms with E-state index in [1.54, 1.807) is 0 Å². The van der Waals surface area contributed by atoms with Crippen LogP contribution in [0.15, 0.2) is 24.3 Å². The number of hydrogen-bond donors (Lipinski definition) is 1. The Morgan fingerprint density at radius 2 is 1.94 bits per heavy atom. The molecule has 1 aromatic carbocycles. The molecule has 0 aromatic heterocycles.